The van der Waals surface area contributed by atoms with Crippen molar-refractivity contribution < 1.29 is 4.74 Å². The van der Waals surface area contributed by atoms with Gasteiger partial charge in [-0.25, -0.2) is 5.01 Å². The fraction of sp³-hybridized carbons (Fsp3) is 0.345. The van der Waals surface area contributed by atoms with Crippen molar-refractivity contribution in [2.75, 3.05) is 19.6 Å². The van der Waals surface area contributed by atoms with Gasteiger partial charge in [-0.3, -0.25) is 0 Å². The maximum atomic E-state index is 6.79. The first-order valence-electron chi connectivity index (χ1n) is 12.4. The summed E-state index contributed by atoms with van der Waals surface area (Å²) in [5.74, 6) is 1.02. The third-order valence-corrected chi connectivity index (χ3v) is 7.95. The van der Waals surface area contributed by atoms with E-state index < -0.39 is 0 Å². The molecule has 1 saturated heterocycles. The van der Waals surface area contributed by atoms with E-state index >= 15 is 0 Å². The van der Waals surface area contributed by atoms with Crippen LogP contribution < -0.4 is 4.74 Å². The zero-order valence-electron chi connectivity index (χ0n) is 19.6. The first-order chi connectivity index (χ1) is 16.6. The van der Waals surface area contributed by atoms with Gasteiger partial charge in [0.2, 0.25) is 5.72 Å². The molecule has 0 amide bonds. The number of likely N-dealkylation sites (tertiary alicyclic amines) is 1. The van der Waals surface area contributed by atoms with Crippen LogP contribution in [-0.4, -0.2) is 41.0 Å². The number of hydrogen-bond acceptors (Lipinski definition) is 4. The van der Waals surface area contributed by atoms with Gasteiger partial charge in [-0.05, 0) is 47.9 Å². The third kappa shape index (κ3) is 3.85. The van der Waals surface area contributed by atoms with Crippen LogP contribution in [0.15, 0.2) is 82.4 Å². The van der Waals surface area contributed by atoms with Gasteiger partial charge < -0.3 is 9.64 Å². The summed E-state index contributed by atoms with van der Waals surface area (Å²) in [6, 6.07) is 26.1. The molecule has 0 unspecified atom stereocenters. The average molecular weight is 516 g/mol. The van der Waals surface area contributed by atoms with Crippen LogP contribution in [-0.2, 0) is 0 Å². The minimum atomic E-state index is -0.360. The summed E-state index contributed by atoms with van der Waals surface area (Å²) in [6.45, 7) is 5.52. The van der Waals surface area contributed by atoms with E-state index in [1.54, 1.807) is 0 Å². The molecule has 0 radical (unpaired) electrons. The lowest BCUT2D eigenvalue weighted by Crippen LogP contribution is -2.59. The van der Waals surface area contributed by atoms with Crippen molar-refractivity contribution in [3.63, 3.8) is 0 Å². The second-order valence-electron chi connectivity index (χ2n) is 9.63. The lowest BCUT2D eigenvalue weighted by atomic mass is 9.90. The fourth-order valence-corrected chi connectivity index (χ4v) is 6.06. The molecule has 34 heavy (non-hydrogen) atoms. The largest absolute Gasteiger partial charge is 0.466 e. The van der Waals surface area contributed by atoms with E-state index in [0.717, 1.165) is 54.8 Å². The number of hydrogen-bond donors (Lipinski definition) is 0. The Balaban J connectivity index is 1.33. The van der Waals surface area contributed by atoms with Crippen LogP contribution in [0, 0.1) is 0 Å². The molecule has 0 N–H and O–H groups in total. The third-order valence-electron chi connectivity index (χ3n) is 7.46. The molecule has 6 rings (SSSR count). The summed E-state index contributed by atoms with van der Waals surface area (Å²) < 4.78 is 7.88. The zero-order valence-corrected chi connectivity index (χ0v) is 21.2. The minimum absolute atomic E-state index is 0.211. The molecule has 4 nitrogen and oxygen atoms in total. The van der Waals surface area contributed by atoms with Crippen LogP contribution in [0.5, 0.6) is 5.75 Å². The monoisotopic (exact) mass is 515 g/mol. The number of piperidine rings is 1. The Morgan fingerprint density at radius 2 is 1.65 bits per heavy atom. The van der Waals surface area contributed by atoms with Crippen molar-refractivity contribution >= 4 is 21.6 Å². The summed E-state index contributed by atoms with van der Waals surface area (Å²) in [4.78, 5) is 2.56. The number of hydrazone groups is 1. The number of benzene rings is 3. The van der Waals surface area contributed by atoms with Crippen LogP contribution in [0.3, 0.4) is 0 Å². The van der Waals surface area contributed by atoms with Gasteiger partial charge in [0, 0.05) is 42.4 Å². The second kappa shape index (κ2) is 8.86. The number of rotatable bonds is 4. The molecule has 1 atom stereocenters. The number of nitrogens with zero attached hydrogens (tertiary/aromatic N) is 3. The molecular formula is C29H30BrN3O. The van der Waals surface area contributed by atoms with Crippen LogP contribution >= 0.6 is 15.9 Å². The quantitative estimate of drug-likeness (QED) is 0.379. The molecule has 3 aromatic carbocycles. The molecule has 0 aromatic heterocycles. The van der Waals surface area contributed by atoms with Gasteiger partial charge in [0.25, 0.3) is 0 Å². The molecule has 1 fully saturated rings. The summed E-state index contributed by atoms with van der Waals surface area (Å²) in [6.07, 6.45) is 4.04. The van der Waals surface area contributed by atoms with Gasteiger partial charge in [0.15, 0.2) is 0 Å². The normalized spacial score (nSPS) is 21.1. The summed E-state index contributed by atoms with van der Waals surface area (Å²) >= 11 is 3.67. The van der Waals surface area contributed by atoms with Gasteiger partial charge >= 0.3 is 0 Å². The van der Waals surface area contributed by atoms with E-state index in [-0.39, 0.29) is 11.8 Å². The molecule has 3 aromatic rings. The highest BCUT2D eigenvalue weighted by Gasteiger charge is 2.51. The van der Waals surface area contributed by atoms with Crippen LogP contribution in [0.1, 0.15) is 49.8 Å². The van der Waals surface area contributed by atoms with E-state index in [2.05, 4.69) is 106 Å². The van der Waals surface area contributed by atoms with Crippen molar-refractivity contribution in [2.24, 2.45) is 5.10 Å². The van der Waals surface area contributed by atoms with E-state index in [0.29, 0.717) is 0 Å². The Bertz CT molecular complexity index is 1200. The van der Waals surface area contributed by atoms with E-state index in [1.807, 2.05) is 0 Å². The molecule has 1 spiro atoms. The first-order valence-corrected chi connectivity index (χ1v) is 13.2. The minimum Gasteiger partial charge on any atom is -0.466 e. The first kappa shape index (κ1) is 21.9. The van der Waals surface area contributed by atoms with E-state index in [4.69, 9.17) is 9.84 Å². The predicted octanol–water partition coefficient (Wildman–Crippen LogP) is 6.86. The van der Waals surface area contributed by atoms with Crippen LogP contribution in [0.25, 0.3) is 11.1 Å². The Morgan fingerprint density at radius 1 is 0.941 bits per heavy atom. The van der Waals surface area contributed by atoms with Gasteiger partial charge in [-0.2, -0.15) is 5.10 Å². The summed E-state index contributed by atoms with van der Waals surface area (Å²) in [5, 5.41) is 7.56. The summed E-state index contributed by atoms with van der Waals surface area (Å²) in [7, 11) is 0. The van der Waals surface area contributed by atoms with Crippen molar-refractivity contribution in [3.05, 3.63) is 88.4 Å². The molecule has 3 aliphatic rings. The number of halogens is 1. The number of fused-ring (bicyclic) bond motifs is 4. The highest BCUT2D eigenvalue weighted by atomic mass is 79.9. The molecule has 0 saturated carbocycles. The zero-order chi connectivity index (χ0) is 23.1. The molecule has 174 valence electrons. The predicted molar refractivity (Wildman–Crippen MR) is 141 cm³/mol. The molecule has 3 aliphatic heterocycles. The smallest absolute Gasteiger partial charge is 0.200 e. The van der Waals surface area contributed by atoms with Crippen LogP contribution in [0.4, 0.5) is 0 Å². The Morgan fingerprint density at radius 3 is 2.38 bits per heavy atom. The van der Waals surface area contributed by atoms with E-state index in [9.17, 15) is 0 Å². The van der Waals surface area contributed by atoms with E-state index in [1.165, 1.54) is 28.7 Å². The van der Waals surface area contributed by atoms with Crippen molar-refractivity contribution in [2.45, 2.75) is 44.4 Å². The Kier molecular flexibility index (Phi) is 5.70. The van der Waals surface area contributed by atoms with Gasteiger partial charge in [-0.1, -0.05) is 77.5 Å². The van der Waals surface area contributed by atoms with Gasteiger partial charge in [-0.15, -0.1) is 0 Å². The topological polar surface area (TPSA) is 28.1 Å². The fourth-order valence-electron chi connectivity index (χ4n) is 5.69. The Labute approximate surface area is 210 Å². The molecular weight excluding hydrogens is 486 g/mol. The average Bonchev–Trinajstić information content (AvgIpc) is 3.34. The van der Waals surface area contributed by atoms with Gasteiger partial charge in [0.05, 0.1) is 11.8 Å². The van der Waals surface area contributed by atoms with Crippen molar-refractivity contribution in [1.29, 1.82) is 0 Å². The highest BCUT2D eigenvalue weighted by molar-refractivity contribution is 9.10. The summed E-state index contributed by atoms with van der Waals surface area (Å²) in [5.41, 5.74) is 5.70. The Hall–Kier alpha value is -2.63. The van der Waals surface area contributed by atoms with Gasteiger partial charge in [0.1, 0.15) is 5.75 Å². The number of ether oxygens (including phenoxy) is 1. The van der Waals surface area contributed by atoms with Crippen molar-refractivity contribution in [3.8, 4) is 16.9 Å². The lowest BCUT2D eigenvalue weighted by molar-refractivity contribution is -0.149. The maximum absolute atomic E-state index is 6.79. The molecule has 0 aliphatic carbocycles. The SMILES string of the molecule is CCCN1CCC2(CC1)Oc1ccc(Br)cc1[C@@H]1CC(c3ccc(-c4ccccc4)cc3)=NN12. The lowest BCUT2D eigenvalue weighted by Gasteiger charge is -2.51. The standard InChI is InChI=1S/C29H30BrN3O/c1-2-16-32-17-14-29(15-18-32)33-27(25-19-24(30)12-13-28(25)34-29)20-26(31-33)23-10-8-22(9-11-23)21-6-4-3-5-7-21/h3-13,19,27H,2,14-18,20H2,1H3/t27-/m0/s1. The second-order valence-corrected chi connectivity index (χ2v) is 10.5. The molecule has 0 bridgehead atoms. The molecule has 5 heteroatoms. The highest BCUT2D eigenvalue weighted by Crippen LogP contribution is 2.50. The maximum Gasteiger partial charge on any atom is 0.200 e. The van der Waals surface area contributed by atoms with Crippen molar-refractivity contribution in [1.82, 2.24) is 9.91 Å². The molecule has 3 heterocycles. The van der Waals surface area contributed by atoms with Crippen LogP contribution in [0.2, 0.25) is 0 Å².